The normalized spacial score (nSPS) is 10.0. The van der Waals surface area contributed by atoms with E-state index in [1.807, 2.05) is 24.3 Å². The highest BCUT2D eigenvalue weighted by atomic mass is 35.5. The van der Waals surface area contributed by atoms with Crippen molar-refractivity contribution in [2.45, 2.75) is 0 Å². The quantitative estimate of drug-likeness (QED) is 0.618. The molecule has 0 spiro atoms. The first-order valence-corrected chi connectivity index (χ1v) is 7.41. The summed E-state index contributed by atoms with van der Waals surface area (Å²) in [7, 11) is 2.95. The van der Waals surface area contributed by atoms with Gasteiger partial charge >= 0.3 is 5.97 Å². The van der Waals surface area contributed by atoms with Crippen LogP contribution in [0.25, 0.3) is 0 Å². The van der Waals surface area contributed by atoms with Crippen molar-refractivity contribution in [3.63, 3.8) is 0 Å². The molecule has 0 radical (unpaired) electrons. The number of para-hydroxylation sites is 1. The lowest BCUT2D eigenvalue weighted by Gasteiger charge is -2.13. The Morgan fingerprint density at radius 3 is 2.43 bits per heavy atom. The van der Waals surface area contributed by atoms with Gasteiger partial charge in [0.2, 0.25) is 0 Å². The molecule has 0 aliphatic carbocycles. The summed E-state index contributed by atoms with van der Waals surface area (Å²) < 4.78 is 15.5. The number of halogens is 1. The Kier molecular flexibility index (Phi) is 6.11. The highest BCUT2D eigenvalue weighted by Crippen LogP contribution is 2.26. The second-order valence-electron chi connectivity index (χ2n) is 4.60. The van der Waals surface area contributed by atoms with Crippen LogP contribution in [0.3, 0.4) is 0 Å². The minimum Gasteiger partial charge on any atom is -0.497 e. The monoisotopic (exact) mass is 335 g/mol. The van der Waals surface area contributed by atoms with Gasteiger partial charge in [0.1, 0.15) is 18.1 Å². The molecule has 0 aliphatic heterocycles. The van der Waals surface area contributed by atoms with Crippen LogP contribution >= 0.6 is 11.6 Å². The van der Waals surface area contributed by atoms with Gasteiger partial charge in [0, 0.05) is 6.54 Å². The number of esters is 1. The smallest absolute Gasteiger partial charge is 0.340 e. The molecule has 0 aliphatic rings. The Morgan fingerprint density at radius 1 is 1.09 bits per heavy atom. The zero-order valence-electron chi connectivity index (χ0n) is 13.0. The van der Waals surface area contributed by atoms with E-state index in [1.165, 1.54) is 7.11 Å². The SMILES string of the molecule is COC(=O)c1cccc(Cl)c1NCCOc1ccc(OC)cc1. The number of nitrogens with one attached hydrogen (secondary N) is 1. The van der Waals surface area contributed by atoms with Gasteiger partial charge in [-0.05, 0) is 36.4 Å². The van der Waals surface area contributed by atoms with Gasteiger partial charge < -0.3 is 19.5 Å². The van der Waals surface area contributed by atoms with Crippen molar-refractivity contribution in [1.29, 1.82) is 0 Å². The van der Waals surface area contributed by atoms with E-state index in [1.54, 1.807) is 25.3 Å². The molecule has 6 heteroatoms. The molecule has 0 unspecified atom stereocenters. The van der Waals surface area contributed by atoms with E-state index >= 15 is 0 Å². The van der Waals surface area contributed by atoms with Crippen LogP contribution in [-0.4, -0.2) is 33.3 Å². The Balaban J connectivity index is 1.92. The van der Waals surface area contributed by atoms with Crippen molar-refractivity contribution >= 4 is 23.3 Å². The number of hydrogen-bond acceptors (Lipinski definition) is 5. The maximum absolute atomic E-state index is 11.7. The molecular weight excluding hydrogens is 318 g/mol. The van der Waals surface area contributed by atoms with E-state index in [4.69, 9.17) is 25.8 Å². The number of anilines is 1. The van der Waals surface area contributed by atoms with Crippen molar-refractivity contribution in [3.05, 3.63) is 53.1 Å². The first kappa shape index (κ1) is 17.0. The number of carbonyl (C=O) groups is 1. The third-order valence-corrected chi connectivity index (χ3v) is 3.47. The summed E-state index contributed by atoms with van der Waals surface area (Å²) in [5.74, 6) is 1.07. The van der Waals surface area contributed by atoms with Gasteiger partial charge in [0.25, 0.3) is 0 Å². The summed E-state index contributed by atoms with van der Waals surface area (Å²) >= 11 is 6.13. The largest absolute Gasteiger partial charge is 0.497 e. The summed E-state index contributed by atoms with van der Waals surface area (Å²) in [5, 5.41) is 3.56. The fourth-order valence-corrected chi connectivity index (χ4v) is 2.24. The van der Waals surface area contributed by atoms with Gasteiger partial charge in [0.05, 0.1) is 30.5 Å². The molecule has 0 bridgehead atoms. The zero-order chi connectivity index (χ0) is 16.7. The molecule has 2 rings (SSSR count). The molecule has 2 aromatic carbocycles. The van der Waals surface area contributed by atoms with E-state index in [-0.39, 0.29) is 0 Å². The predicted molar refractivity (Wildman–Crippen MR) is 89.8 cm³/mol. The van der Waals surface area contributed by atoms with Crippen molar-refractivity contribution in [2.75, 3.05) is 32.7 Å². The van der Waals surface area contributed by atoms with E-state index in [0.717, 1.165) is 11.5 Å². The van der Waals surface area contributed by atoms with E-state index in [9.17, 15) is 4.79 Å². The third-order valence-electron chi connectivity index (χ3n) is 3.15. The maximum atomic E-state index is 11.7. The van der Waals surface area contributed by atoms with Crippen LogP contribution in [0.1, 0.15) is 10.4 Å². The molecule has 1 N–H and O–H groups in total. The Hall–Kier alpha value is -2.40. The zero-order valence-corrected chi connectivity index (χ0v) is 13.7. The fourth-order valence-electron chi connectivity index (χ4n) is 2.00. The highest BCUT2D eigenvalue weighted by molar-refractivity contribution is 6.34. The molecule has 0 saturated heterocycles. The standard InChI is InChI=1S/C17H18ClNO4/c1-21-12-6-8-13(9-7-12)23-11-10-19-16-14(17(20)22-2)4-3-5-15(16)18/h3-9,19H,10-11H2,1-2H3. The topological polar surface area (TPSA) is 56.8 Å². The number of rotatable bonds is 7. The molecule has 122 valence electrons. The first-order chi connectivity index (χ1) is 11.2. The molecule has 0 heterocycles. The van der Waals surface area contributed by atoms with Gasteiger partial charge in [-0.1, -0.05) is 17.7 Å². The maximum Gasteiger partial charge on any atom is 0.340 e. The second kappa shape index (κ2) is 8.29. The fraction of sp³-hybridized carbons (Fsp3) is 0.235. The van der Waals surface area contributed by atoms with Gasteiger partial charge in [-0.3, -0.25) is 0 Å². The van der Waals surface area contributed by atoms with Gasteiger partial charge in [-0.2, -0.15) is 0 Å². The Morgan fingerprint density at radius 2 is 1.78 bits per heavy atom. The number of benzene rings is 2. The van der Waals surface area contributed by atoms with Crippen LogP contribution in [0.4, 0.5) is 5.69 Å². The summed E-state index contributed by atoms with van der Waals surface area (Å²) in [5.41, 5.74) is 0.934. The van der Waals surface area contributed by atoms with Crippen LogP contribution in [0.2, 0.25) is 5.02 Å². The minimum absolute atomic E-state index is 0.393. The molecule has 0 aromatic heterocycles. The van der Waals surface area contributed by atoms with Crippen LogP contribution in [0.15, 0.2) is 42.5 Å². The minimum atomic E-state index is -0.439. The first-order valence-electron chi connectivity index (χ1n) is 7.03. The van der Waals surface area contributed by atoms with Crippen LogP contribution in [-0.2, 0) is 4.74 Å². The highest BCUT2D eigenvalue weighted by Gasteiger charge is 2.14. The van der Waals surface area contributed by atoms with Gasteiger partial charge in [-0.15, -0.1) is 0 Å². The third kappa shape index (κ3) is 4.53. The van der Waals surface area contributed by atoms with Crippen molar-refractivity contribution in [2.24, 2.45) is 0 Å². The summed E-state index contributed by atoms with van der Waals surface area (Å²) in [6, 6.07) is 12.4. The Bertz CT molecular complexity index is 658. The molecule has 2 aromatic rings. The van der Waals surface area contributed by atoms with Crippen LogP contribution < -0.4 is 14.8 Å². The van der Waals surface area contributed by atoms with Crippen molar-refractivity contribution in [3.8, 4) is 11.5 Å². The molecule has 0 fully saturated rings. The van der Waals surface area contributed by atoms with Gasteiger partial charge in [0.15, 0.2) is 0 Å². The summed E-state index contributed by atoms with van der Waals surface area (Å²) in [6.45, 7) is 0.901. The summed E-state index contributed by atoms with van der Waals surface area (Å²) in [6.07, 6.45) is 0. The van der Waals surface area contributed by atoms with E-state index in [0.29, 0.717) is 29.4 Å². The van der Waals surface area contributed by atoms with Gasteiger partial charge in [-0.25, -0.2) is 4.79 Å². The molecular formula is C17H18ClNO4. The van der Waals surface area contributed by atoms with Crippen molar-refractivity contribution in [1.82, 2.24) is 0 Å². The lowest BCUT2D eigenvalue weighted by molar-refractivity contribution is 0.0602. The predicted octanol–water partition coefficient (Wildman–Crippen LogP) is 3.63. The average molecular weight is 336 g/mol. The molecule has 0 amide bonds. The lowest BCUT2D eigenvalue weighted by atomic mass is 10.2. The molecule has 23 heavy (non-hydrogen) atoms. The second-order valence-corrected chi connectivity index (χ2v) is 5.01. The van der Waals surface area contributed by atoms with Crippen molar-refractivity contribution < 1.29 is 19.0 Å². The number of hydrogen-bond donors (Lipinski definition) is 1. The number of methoxy groups -OCH3 is 2. The molecule has 0 atom stereocenters. The molecule has 0 saturated carbocycles. The summed E-state index contributed by atoms with van der Waals surface area (Å²) in [4.78, 5) is 11.7. The average Bonchev–Trinajstić information content (AvgIpc) is 2.59. The molecule has 5 nitrogen and oxygen atoms in total. The van der Waals surface area contributed by atoms with E-state index < -0.39 is 5.97 Å². The van der Waals surface area contributed by atoms with Crippen LogP contribution in [0.5, 0.6) is 11.5 Å². The number of ether oxygens (including phenoxy) is 3. The van der Waals surface area contributed by atoms with E-state index in [2.05, 4.69) is 5.32 Å². The van der Waals surface area contributed by atoms with Crippen LogP contribution in [0, 0.1) is 0 Å². The lowest BCUT2D eigenvalue weighted by Crippen LogP contribution is -2.15. The Labute approximate surface area is 140 Å². The number of carbonyl (C=O) groups excluding carboxylic acids is 1.